The summed E-state index contributed by atoms with van der Waals surface area (Å²) in [5.41, 5.74) is 0.467. The molecule has 0 aromatic heterocycles. The molecule has 1 heterocycles. The van der Waals surface area contributed by atoms with Crippen molar-refractivity contribution in [3.63, 3.8) is 0 Å². The van der Waals surface area contributed by atoms with Gasteiger partial charge in [-0.1, -0.05) is 42.5 Å². The Hall–Kier alpha value is -3.48. The van der Waals surface area contributed by atoms with Gasteiger partial charge in [0.15, 0.2) is 0 Å². The molecule has 3 aromatic rings. The Bertz CT molecular complexity index is 1520. The molecule has 0 spiro atoms. The summed E-state index contributed by atoms with van der Waals surface area (Å²) < 4.78 is 87.9. The Labute approximate surface area is 242 Å². The molecule has 1 amide bonds. The van der Waals surface area contributed by atoms with Crippen LogP contribution < -0.4 is 20.1 Å². The Morgan fingerprint density at radius 3 is 2.40 bits per heavy atom. The third kappa shape index (κ3) is 8.08. The lowest BCUT2D eigenvalue weighted by Gasteiger charge is -2.28. The van der Waals surface area contributed by atoms with Crippen molar-refractivity contribution in [2.75, 3.05) is 6.61 Å². The first-order valence-corrected chi connectivity index (χ1v) is 14.8. The van der Waals surface area contributed by atoms with Crippen molar-refractivity contribution in [3.05, 3.63) is 94.8 Å². The van der Waals surface area contributed by atoms with E-state index in [0.717, 1.165) is 17.2 Å². The highest BCUT2D eigenvalue weighted by Crippen LogP contribution is 2.35. The van der Waals surface area contributed by atoms with Crippen LogP contribution in [0.4, 0.5) is 17.6 Å². The number of hydrogen-bond donors (Lipinski definition) is 3. The van der Waals surface area contributed by atoms with Crippen molar-refractivity contribution >= 4 is 15.9 Å². The Morgan fingerprint density at radius 1 is 1.02 bits per heavy atom. The summed E-state index contributed by atoms with van der Waals surface area (Å²) in [6.07, 6.45) is -4.93. The van der Waals surface area contributed by atoms with Crippen LogP contribution in [0.25, 0.3) is 0 Å². The molecular formula is C30H33F4N3O4S. The molecule has 0 fully saturated rings. The maximum atomic E-state index is 13.8. The van der Waals surface area contributed by atoms with Gasteiger partial charge in [-0.25, -0.2) is 17.5 Å². The van der Waals surface area contributed by atoms with E-state index in [1.54, 1.807) is 30.3 Å². The average molecular weight is 608 g/mol. The minimum Gasteiger partial charge on any atom is -0.493 e. The minimum atomic E-state index is -5.09. The van der Waals surface area contributed by atoms with Crippen molar-refractivity contribution in [1.82, 2.24) is 15.4 Å². The molecule has 0 bridgehead atoms. The number of carbonyl (C=O) groups is 1. The second-order valence-corrected chi connectivity index (χ2v) is 12.9. The van der Waals surface area contributed by atoms with E-state index < -0.39 is 44.4 Å². The van der Waals surface area contributed by atoms with Gasteiger partial charge in [0.2, 0.25) is 15.9 Å². The molecule has 1 aliphatic heterocycles. The summed E-state index contributed by atoms with van der Waals surface area (Å²) in [4.78, 5) is 12.5. The number of hydrogen-bond acceptors (Lipinski definition) is 5. The van der Waals surface area contributed by atoms with Crippen LogP contribution in [0, 0.1) is 5.82 Å². The third-order valence-electron chi connectivity index (χ3n) is 6.72. The highest BCUT2D eigenvalue weighted by Gasteiger charge is 2.36. The van der Waals surface area contributed by atoms with Gasteiger partial charge in [0.1, 0.15) is 11.6 Å². The van der Waals surface area contributed by atoms with Gasteiger partial charge < -0.3 is 15.4 Å². The molecule has 0 saturated heterocycles. The monoisotopic (exact) mass is 607 g/mol. The molecule has 0 unspecified atom stereocenters. The van der Waals surface area contributed by atoms with E-state index in [9.17, 15) is 30.8 Å². The third-order valence-corrected chi connectivity index (χ3v) is 8.19. The number of alkyl halides is 3. The number of amides is 1. The van der Waals surface area contributed by atoms with Crippen molar-refractivity contribution in [3.8, 4) is 5.75 Å². The highest BCUT2D eigenvalue weighted by atomic mass is 32.2. The lowest BCUT2D eigenvalue weighted by atomic mass is 9.97. The molecule has 12 heteroatoms. The topological polar surface area (TPSA) is 96.5 Å². The summed E-state index contributed by atoms with van der Waals surface area (Å²) in [6.45, 7) is 7.20. The van der Waals surface area contributed by atoms with Crippen molar-refractivity contribution in [1.29, 1.82) is 0 Å². The number of carbonyl (C=O) groups excluding carboxylic acids is 1. The van der Waals surface area contributed by atoms with E-state index in [0.29, 0.717) is 37.0 Å². The quantitative estimate of drug-likeness (QED) is 0.268. The number of rotatable bonds is 9. The van der Waals surface area contributed by atoms with Crippen LogP contribution in [0.2, 0.25) is 0 Å². The van der Waals surface area contributed by atoms with Crippen LogP contribution in [0.3, 0.4) is 0 Å². The van der Waals surface area contributed by atoms with Gasteiger partial charge >= 0.3 is 6.18 Å². The van der Waals surface area contributed by atoms with E-state index in [1.165, 1.54) is 0 Å². The van der Waals surface area contributed by atoms with Crippen LogP contribution in [0.15, 0.2) is 71.6 Å². The molecular weight excluding hydrogens is 574 g/mol. The first-order valence-electron chi connectivity index (χ1n) is 13.4. The zero-order chi connectivity index (χ0) is 30.7. The summed E-state index contributed by atoms with van der Waals surface area (Å²) in [5, 5.41) is 6.36. The summed E-state index contributed by atoms with van der Waals surface area (Å²) >= 11 is 0. The average Bonchev–Trinajstić information content (AvgIpc) is 2.91. The molecule has 1 aliphatic rings. The van der Waals surface area contributed by atoms with E-state index in [2.05, 4.69) is 36.1 Å². The normalized spacial score (nSPS) is 16.3. The molecule has 0 aliphatic carbocycles. The predicted molar refractivity (Wildman–Crippen MR) is 150 cm³/mol. The van der Waals surface area contributed by atoms with Crippen molar-refractivity contribution in [2.45, 2.75) is 68.9 Å². The molecule has 42 heavy (non-hydrogen) atoms. The lowest BCUT2D eigenvalue weighted by molar-refractivity contribution is -0.140. The summed E-state index contributed by atoms with van der Waals surface area (Å²) in [5.74, 6) is -1.41. The number of halogens is 4. The fraction of sp³-hybridized carbons (Fsp3) is 0.367. The van der Waals surface area contributed by atoms with Gasteiger partial charge in [0.25, 0.3) is 0 Å². The predicted octanol–water partition coefficient (Wildman–Crippen LogP) is 5.78. The molecule has 3 aromatic carbocycles. The standard InChI is InChI=1S/C30H33F4N3O4S/c1-29(2,3)35-18-19-9-11-22-25(13-14-41-27(22)15-19)36-28(38)17-26(20-7-5-4-6-8-20)37-42(39,40)21-10-12-24(31)23(16-21)30(32,33)34/h4-12,15-16,25-26,35,37H,13-14,17-18H2,1-3H3,(H,36,38)/t25-,26-/m1/s1. The maximum Gasteiger partial charge on any atom is 0.419 e. The second kappa shape index (κ2) is 12.4. The molecule has 2 atom stereocenters. The van der Waals surface area contributed by atoms with Crippen molar-refractivity contribution in [2.24, 2.45) is 0 Å². The number of fused-ring (bicyclic) bond motifs is 1. The molecule has 7 nitrogen and oxygen atoms in total. The van der Waals surface area contributed by atoms with Gasteiger partial charge in [-0.2, -0.15) is 13.2 Å². The second-order valence-electron chi connectivity index (χ2n) is 11.2. The Balaban J connectivity index is 1.52. The number of nitrogens with one attached hydrogen (secondary N) is 3. The van der Waals surface area contributed by atoms with Crippen molar-refractivity contribution < 1.29 is 35.5 Å². The first kappa shape index (κ1) is 31.5. The number of benzene rings is 3. The highest BCUT2D eigenvalue weighted by molar-refractivity contribution is 7.89. The largest absolute Gasteiger partial charge is 0.493 e. The molecule has 3 N–H and O–H groups in total. The summed E-state index contributed by atoms with van der Waals surface area (Å²) in [6, 6.07) is 13.9. The molecule has 0 radical (unpaired) electrons. The van der Waals surface area contributed by atoms with Crippen LogP contribution in [0.5, 0.6) is 5.75 Å². The lowest BCUT2D eigenvalue weighted by Crippen LogP contribution is -2.37. The van der Waals surface area contributed by atoms with Gasteiger partial charge in [-0.15, -0.1) is 0 Å². The van der Waals surface area contributed by atoms with Gasteiger partial charge in [-0.05, 0) is 56.2 Å². The zero-order valence-corrected chi connectivity index (χ0v) is 24.2. The summed E-state index contributed by atoms with van der Waals surface area (Å²) in [7, 11) is -4.58. The van der Waals surface area contributed by atoms with Crippen LogP contribution in [0.1, 0.15) is 68.0 Å². The molecule has 4 rings (SSSR count). The fourth-order valence-corrected chi connectivity index (χ4v) is 5.81. The van der Waals surface area contributed by atoms with Crippen LogP contribution in [-0.4, -0.2) is 26.5 Å². The minimum absolute atomic E-state index is 0.0681. The SMILES string of the molecule is CC(C)(C)NCc1ccc2c(c1)OCC[C@H]2NC(=O)C[C@@H](NS(=O)(=O)c1ccc(F)c(C(F)(F)F)c1)c1ccccc1. The molecule has 226 valence electrons. The number of ether oxygens (including phenoxy) is 1. The Kier molecular flexibility index (Phi) is 9.29. The zero-order valence-electron chi connectivity index (χ0n) is 23.4. The van der Waals surface area contributed by atoms with Crippen LogP contribution >= 0.6 is 0 Å². The van der Waals surface area contributed by atoms with Gasteiger partial charge in [0.05, 0.1) is 29.1 Å². The number of sulfonamides is 1. The van der Waals surface area contributed by atoms with E-state index in [1.807, 2.05) is 18.2 Å². The first-order chi connectivity index (χ1) is 19.6. The van der Waals surface area contributed by atoms with E-state index in [4.69, 9.17) is 4.74 Å². The van der Waals surface area contributed by atoms with E-state index in [-0.39, 0.29) is 24.1 Å². The van der Waals surface area contributed by atoms with Gasteiger partial charge in [0, 0.05) is 30.5 Å². The molecule has 0 saturated carbocycles. The Morgan fingerprint density at radius 2 is 1.74 bits per heavy atom. The fourth-order valence-electron chi connectivity index (χ4n) is 4.56. The van der Waals surface area contributed by atoms with E-state index >= 15 is 0 Å². The maximum absolute atomic E-state index is 13.8. The van der Waals surface area contributed by atoms with Crippen LogP contribution in [-0.2, 0) is 27.5 Å². The van der Waals surface area contributed by atoms with Gasteiger partial charge in [-0.3, -0.25) is 4.79 Å². The smallest absolute Gasteiger partial charge is 0.419 e.